The molecule has 0 bridgehead atoms. The van der Waals surface area contributed by atoms with Crippen LogP contribution in [-0.4, -0.2) is 41.3 Å². The van der Waals surface area contributed by atoms with Gasteiger partial charge in [-0.2, -0.15) is 0 Å². The van der Waals surface area contributed by atoms with Crippen molar-refractivity contribution in [3.63, 3.8) is 0 Å². The van der Waals surface area contributed by atoms with Crippen molar-refractivity contribution in [1.29, 1.82) is 0 Å². The number of hydrogen-bond donors (Lipinski definition) is 2. The molecule has 136 valence electrons. The zero-order valence-electron chi connectivity index (χ0n) is 14.5. The molecular formula is C17H26O7. The molecule has 0 aromatic heterocycles. The first-order chi connectivity index (χ1) is 11.2. The van der Waals surface area contributed by atoms with Gasteiger partial charge in [-0.15, -0.1) is 0 Å². The summed E-state index contributed by atoms with van der Waals surface area (Å²) in [7, 11) is 0. The largest absolute Gasteiger partial charge is 0.502 e. The number of carboxylic acid groups (broad SMARTS) is 1. The summed E-state index contributed by atoms with van der Waals surface area (Å²) < 4.78 is 9.21. The molecule has 0 rings (SSSR count). The summed E-state index contributed by atoms with van der Waals surface area (Å²) in [6.07, 6.45) is 3.33. The Labute approximate surface area is 142 Å². The molecule has 7 heteroatoms. The highest BCUT2D eigenvalue weighted by Crippen LogP contribution is 2.07. The van der Waals surface area contributed by atoms with E-state index in [9.17, 15) is 14.4 Å². The van der Waals surface area contributed by atoms with Crippen LogP contribution in [-0.2, 0) is 23.9 Å². The third-order valence-electron chi connectivity index (χ3n) is 2.51. The van der Waals surface area contributed by atoms with E-state index in [1.165, 1.54) is 6.08 Å². The SMILES string of the molecule is C=C(C=C(CC)C(=O)O)C(=O)OCCCC.C=C(O)C(=O)OCC. The number of carboxylic acids is 1. The van der Waals surface area contributed by atoms with Gasteiger partial charge in [-0.25, -0.2) is 14.4 Å². The van der Waals surface area contributed by atoms with Crippen LogP contribution in [0.5, 0.6) is 0 Å². The van der Waals surface area contributed by atoms with E-state index in [4.69, 9.17) is 14.9 Å². The highest BCUT2D eigenvalue weighted by atomic mass is 16.5. The van der Waals surface area contributed by atoms with Crippen LogP contribution in [0.3, 0.4) is 0 Å². The summed E-state index contributed by atoms with van der Waals surface area (Å²) in [5.74, 6) is -2.90. The number of aliphatic carboxylic acids is 1. The van der Waals surface area contributed by atoms with E-state index >= 15 is 0 Å². The topological polar surface area (TPSA) is 110 Å². The monoisotopic (exact) mass is 342 g/mol. The molecule has 0 saturated heterocycles. The first-order valence-electron chi connectivity index (χ1n) is 7.55. The highest BCUT2D eigenvalue weighted by Gasteiger charge is 2.10. The minimum absolute atomic E-state index is 0.0790. The number of carbonyl (C=O) groups is 3. The van der Waals surface area contributed by atoms with Crippen molar-refractivity contribution < 1.29 is 34.1 Å². The molecular weight excluding hydrogens is 316 g/mol. The van der Waals surface area contributed by atoms with Gasteiger partial charge < -0.3 is 19.7 Å². The summed E-state index contributed by atoms with van der Waals surface area (Å²) in [6, 6.07) is 0. The molecule has 0 radical (unpaired) electrons. The maximum Gasteiger partial charge on any atom is 0.372 e. The minimum atomic E-state index is -1.04. The Kier molecular flexibility index (Phi) is 13.9. The van der Waals surface area contributed by atoms with Crippen LogP contribution in [0.25, 0.3) is 0 Å². The third kappa shape index (κ3) is 12.0. The van der Waals surface area contributed by atoms with E-state index < -0.39 is 23.7 Å². The maximum absolute atomic E-state index is 11.3. The fourth-order valence-electron chi connectivity index (χ4n) is 1.20. The van der Waals surface area contributed by atoms with E-state index in [2.05, 4.69) is 17.9 Å². The molecule has 0 aliphatic rings. The second-order valence-electron chi connectivity index (χ2n) is 4.51. The highest BCUT2D eigenvalue weighted by molar-refractivity contribution is 5.95. The molecule has 0 aromatic carbocycles. The normalized spacial score (nSPS) is 10.0. The van der Waals surface area contributed by atoms with Crippen LogP contribution in [0, 0.1) is 0 Å². The number of hydrogen-bond acceptors (Lipinski definition) is 6. The Hall–Kier alpha value is -2.57. The van der Waals surface area contributed by atoms with Crippen LogP contribution < -0.4 is 0 Å². The van der Waals surface area contributed by atoms with Crippen LogP contribution in [0.1, 0.15) is 40.0 Å². The molecule has 0 saturated carbocycles. The second-order valence-corrected chi connectivity index (χ2v) is 4.51. The van der Waals surface area contributed by atoms with E-state index in [-0.39, 0.29) is 17.8 Å². The lowest BCUT2D eigenvalue weighted by molar-refractivity contribution is -0.141. The Morgan fingerprint density at radius 1 is 1.00 bits per heavy atom. The lowest BCUT2D eigenvalue weighted by Gasteiger charge is -2.04. The molecule has 0 fully saturated rings. The summed E-state index contributed by atoms with van der Waals surface area (Å²) in [4.78, 5) is 32.2. The van der Waals surface area contributed by atoms with Crippen molar-refractivity contribution in [3.05, 3.63) is 36.1 Å². The van der Waals surface area contributed by atoms with Gasteiger partial charge in [0.05, 0.1) is 18.8 Å². The molecule has 0 aliphatic carbocycles. The van der Waals surface area contributed by atoms with Gasteiger partial charge in [0, 0.05) is 5.57 Å². The standard InChI is InChI=1S/C12H18O4.C5H8O3/c1-4-6-7-16-12(15)9(3)8-10(5-2)11(13)14;1-3-8-5(7)4(2)6/h8H,3-7H2,1-2H3,(H,13,14);6H,2-3H2,1H3. The van der Waals surface area contributed by atoms with Crippen LogP contribution in [0.15, 0.2) is 36.1 Å². The molecule has 0 unspecified atom stereocenters. The second kappa shape index (κ2) is 14.0. The first kappa shape index (κ1) is 23.7. The van der Waals surface area contributed by atoms with Crippen molar-refractivity contribution >= 4 is 17.9 Å². The van der Waals surface area contributed by atoms with Crippen molar-refractivity contribution in [1.82, 2.24) is 0 Å². The Bertz CT molecular complexity index is 489. The molecule has 0 spiro atoms. The Balaban J connectivity index is 0. The van der Waals surface area contributed by atoms with Gasteiger partial charge in [0.15, 0.2) is 5.76 Å². The van der Waals surface area contributed by atoms with E-state index in [1.807, 2.05) is 6.92 Å². The number of esters is 2. The van der Waals surface area contributed by atoms with E-state index in [0.717, 1.165) is 12.8 Å². The van der Waals surface area contributed by atoms with Gasteiger partial charge in [0.1, 0.15) is 0 Å². The fraction of sp³-hybridized carbons (Fsp3) is 0.471. The summed E-state index contributed by atoms with van der Waals surface area (Å²) in [6.45, 7) is 12.4. The molecule has 7 nitrogen and oxygen atoms in total. The molecule has 24 heavy (non-hydrogen) atoms. The fourth-order valence-corrected chi connectivity index (χ4v) is 1.20. The van der Waals surface area contributed by atoms with Crippen LogP contribution in [0.4, 0.5) is 0 Å². The zero-order valence-corrected chi connectivity index (χ0v) is 14.5. The number of aliphatic hydroxyl groups excluding tert-OH is 1. The lowest BCUT2D eigenvalue weighted by atomic mass is 10.1. The molecule has 0 heterocycles. The average Bonchev–Trinajstić information content (AvgIpc) is 2.52. The minimum Gasteiger partial charge on any atom is -0.502 e. The zero-order chi connectivity index (χ0) is 19.1. The quantitative estimate of drug-likeness (QED) is 0.218. The first-order valence-corrected chi connectivity index (χ1v) is 7.55. The van der Waals surface area contributed by atoms with Crippen molar-refractivity contribution in [2.24, 2.45) is 0 Å². The molecule has 0 atom stereocenters. The predicted octanol–water partition coefficient (Wildman–Crippen LogP) is 2.93. The summed E-state index contributed by atoms with van der Waals surface area (Å²) in [5.41, 5.74) is 0.229. The van der Waals surface area contributed by atoms with Gasteiger partial charge >= 0.3 is 17.9 Å². The Morgan fingerprint density at radius 3 is 1.92 bits per heavy atom. The van der Waals surface area contributed by atoms with Gasteiger partial charge in [0.2, 0.25) is 0 Å². The van der Waals surface area contributed by atoms with Gasteiger partial charge in [0.25, 0.3) is 0 Å². The number of ether oxygens (including phenoxy) is 2. The van der Waals surface area contributed by atoms with Gasteiger partial charge in [-0.1, -0.05) is 26.8 Å². The molecule has 0 aromatic rings. The van der Waals surface area contributed by atoms with Crippen molar-refractivity contribution in [3.8, 4) is 0 Å². The van der Waals surface area contributed by atoms with E-state index in [0.29, 0.717) is 13.0 Å². The smallest absolute Gasteiger partial charge is 0.372 e. The van der Waals surface area contributed by atoms with Gasteiger partial charge in [-0.3, -0.25) is 0 Å². The molecule has 2 N–H and O–H groups in total. The van der Waals surface area contributed by atoms with Crippen LogP contribution >= 0.6 is 0 Å². The Morgan fingerprint density at radius 2 is 1.58 bits per heavy atom. The maximum atomic E-state index is 11.3. The average molecular weight is 342 g/mol. The van der Waals surface area contributed by atoms with Crippen molar-refractivity contribution in [2.45, 2.75) is 40.0 Å². The van der Waals surface area contributed by atoms with E-state index in [1.54, 1.807) is 13.8 Å². The number of carbonyl (C=O) groups excluding carboxylic acids is 2. The van der Waals surface area contributed by atoms with Crippen molar-refractivity contribution in [2.75, 3.05) is 13.2 Å². The summed E-state index contributed by atoms with van der Waals surface area (Å²) >= 11 is 0. The predicted molar refractivity (Wildman–Crippen MR) is 89.4 cm³/mol. The third-order valence-corrected chi connectivity index (χ3v) is 2.51. The lowest BCUT2D eigenvalue weighted by Crippen LogP contribution is -2.08. The molecule has 0 aliphatic heterocycles. The summed E-state index contributed by atoms with van der Waals surface area (Å²) in [5, 5.41) is 17.0. The molecule has 0 amide bonds. The number of unbranched alkanes of at least 4 members (excludes halogenated alkanes) is 1. The number of aliphatic hydroxyl groups is 1. The van der Waals surface area contributed by atoms with Gasteiger partial charge in [-0.05, 0) is 32.4 Å². The number of rotatable bonds is 9. The van der Waals surface area contributed by atoms with Crippen LogP contribution in [0.2, 0.25) is 0 Å².